The summed E-state index contributed by atoms with van der Waals surface area (Å²) in [4.78, 5) is 19.0. The number of aryl methyl sites for hydroxylation is 1. The van der Waals surface area contributed by atoms with E-state index >= 15 is 0 Å². The van der Waals surface area contributed by atoms with Crippen LogP contribution in [-0.4, -0.2) is 39.7 Å². The molecule has 0 aromatic carbocycles. The van der Waals surface area contributed by atoms with Crippen LogP contribution >= 0.6 is 0 Å². The number of aliphatic hydroxyl groups excluding tert-OH is 1. The Bertz CT molecular complexity index is 481. The average molecular weight is 297 g/mol. The lowest BCUT2D eigenvalue weighted by molar-refractivity contribution is -0.385. The van der Waals surface area contributed by atoms with Gasteiger partial charge in [0, 0.05) is 19.7 Å². The monoisotopic (exact) mass is 297 g/mol. The predicted molar refractivity (Wildman–Crippen MR) is 81.6 cm³/mol. The van der Waals surface area contributed by atoms with Crippen molar-refractivity contribution in [2.45, 2.75) is 33.6 Å². The summed E-state index contributed by atoms with van der Waals surface area (Å²) in [6.07, 6.45) is 1.53. The van der Waals surface area contributed by atoms with E-state index in [9.17, 15) is 10.1 Å². The maximum Gasteiger partial charge on any atom is 0.332 e. The molecule has 1 aromatic rings. The van der Waals surface area contributed by atoms with Crippen LogP contribution in [0, 0.1) is 23.0 Å². The molecule has 0 radical (unpaired) electrons. The van der Waals surface area contributed by atoms with Gasteiger partial charge in [0.25, 0.3) is 0 Å². The molecule has 0 spiro atoms. The van der Waals surface area contributed by atoms with Crippen LogP contribution in [0.1, 0.15) is 32.4 Å². The van der Waals surface area contributed by atoms with Crippen molar-refractivity contribution in [2.24, 2.45) is 5.92 Å². The Balaban J connectivity index is 2.98. The molecule has 0 aliphatic heterocycles. The normalized spacial score (nSPS) is 12.0. The zero-order valence-corrected chi connectivity index (χ0v) is 12.7. The number of nitrogens with zero attached hydrogens (tertiary/aromatic N) is 3. The smallest absolute Gasteiger partial charge is 0.332 e. The molecule has 1 aromatic heterocycles. The minimum absolute atomic E-state index is 0.101. The van der Waals surface area contributed by atoms with Crippen molar-refractivity contribution >= 4 is 17.5 Å². The average Bonchev–Trinajstić information content (AvgIpc) is 2.42. The number of rotatable bonds is 9. The van der Waals surface area contributed by atoms with Crippen molar-refractivity contribution in [3.63, 3.8) is 0 Å². The first-order valence-corrected chi connectivity index (χ1v) is 7.15. The second kappa shape index (κ2) is 8.35. The van der Waals surface area contributed by atoms with Crippen LogP contribution < -0.4 is 10.6 Å². The summed E-state index contributed by atoms with van der Waals surface area (Å²) in [7, 11) is 0. The quantitative estimate of drug-likeness (QED) is 0.471. The zero-order chi connectivity index (χ0) is 15.8. The fourth-order valence-electron chi connectivity index (χ4n) is 2.02. The van der Waals surface area contributed by atoms with Gasteiger partial charge in [-0.05, 0) is 26.2 Å². The Kier molecular flexibility index (Phi) is 6.80. The van der Waals surface area contributed by atoms with E-state index < -0.39 is 4.92 Å². The van der Waals surface area contributed by atoms with Crippen LogP contribution in [-0.2, 0) is 0 Å². The zero-order valence-electron chi connectivity index (χ0n) is 12.7. The fraction of sp³-hybridized carbons (Fsp3) is 0.692. The minimum Gasteiger partial charge on any atom is -0.396 e. The highest BCUT2D eigenvalue weighted by Crippen LogP contribution is 2.27. The summed E-state index contributed by atoms with van der Waals surface area (Å²) in [6.45, 7) is 6.79. The van der Waals surface area contributed by atoms with Gasteiger partial charge in [0.2, 0.25) is 11.8 Å². The molecule has 118 valence electrons. The van der Waals surface area contributed by atoms with Gasteiger partial charge in [-0.1, -0.05) is 13.3 Å². The Hall–Kier alpha value is -1.96. The molecule has 0 amide bonds. The van der Waals surface area contributed by atoms with Gasteiger partial charge < -0.3 is 15.7 Å². The number of aliphatic hydroxyl groups is 1. The molecule has 8 nitrogen and oxygen atoms in total. The van der Waals surface area contributed by atoms with E-state index in [4.69, 9.17) is 5.11 Å². The third-order valence-corrected chi connectivity index (χ3v) is 3.25. The van der Waals surface area contributed by atoms with E-state index in [2.05, 4.69) is 20.6 Å². The van der Waals surface area contributed by atoms with Crippen molar-refractivity contribution < 1.29 is 10.0 Å². The molecule has 1 atom stereocenters. The number of nitro groups is 1. The highest BCUT2D eigenvalue weighted by Gasteiger charge is 2.22. The van der Waals surface area contributed by atoms with Gasteiger partial charge in [-0.15, -0.1) is 0 Å². The second-order valence-electron chi connectivity index (χ2n) is 4.78. The largest absolute Gasteiger partial charge is 0.396 e. The topological polar surface area (TPSA) is 113 Å². The van der Waals surface area contributed by atoms with Crippen molar-refractivity contribution in [1.29, 1.82) is 0 Å². The molecule has 8 heteroatoms. The summed E-state index contributed by atoms with van der Waals surface area (Å²) in [6, 6.07) is 0. The van der Waals surface area contributed by atoms with Gasteiger partial charge in [-0.2, -0.15) is 4.98 Å². The second-order valence-corrected chi connectivity index (χ2v) is 4.78. The standard InChI is InChI=1S/C13H23N5O3/c1-4-10(6-7-19)8-15-12-11(18(20)21)9(3)16-13(17-12)14-5-2/h10,19H,4-8H2,1-3H3,(H2,14,15,16,17). The van der Waals surface area contributed by atoms with E-state index in [1.807, 2.05) is 13.8 Å². The SMILES string of the molecule is CCNc1nc(C)c([N+](=O)[O-])c(NCC(CC)CCO)n1. The Morgan fingerprint density at radius 1 is 1.33 bits per heavy atom. The molecular weight excluding hydrogens is 274 g/mol. The van der Waals surface area contributed by atoms with Crippen LogP contribution in [0.2, 0.25) is 0 Å². The summed E-state index contributed by atoms with van der Waals surface area (Å²) in [5.41, 5.74) is 0.221. The first-order chi connectivity index (χ1) is 10.0. The molecule has 1 unspecified atom stereocenters. The molecule has 1 heterocycles. The fourth-order valence-corrected chi connectivity index (χ4v) is 2.02. The molecule has 21 heavy (non-hydrogen) atoms. The Morgan fingerprint density at radius 2 is 2.05 bits per heavy atom. The lowest BCUT2D eigenvalue weighted by Gasteiger charge is -2.15. The van der Waals surface area contributed by atoms with Crippen LogP contribution in [0.3, 0.4) is 0 Å². The first kappa shape index (κ1) is 17.1. The van der Waals surface area contributed by atoms with E-state index in [1.165, 1.54) is 0 Å². The molecule has 0 aliphatic carbocycles. The Morgan fingerprint density at radius 3 is 2.57 bits per heavy atom. The maximum absolute atomic E-state index is 11.2. The van der Waals surface area contributed by atoms with E-state index in [0.717, 1.165) is 6.42 Å². The minimum atomic E-state index is -0.472. The molecule has 3 N–H and O–H groups in total. The molecule has 0 saturated carbocycles. The molecule has 0 saturated heterocycles. The van der Waals surface area contributed by atoms with E-state index in [1.54, 1.807) is 6.92 Å². The van der Waals surface area contributed by atoms with Gasteiger partial charge in [0.05, 0.1) is 4.92 Å². The van der Waals surface area contributed by atoms with Crippen molar-refractivity contribution in [3.05, 3.63) is 15.8 Å². The molecular formula is C13H23N5O3. The summed E-state index contributed by atoms with van der Waals surface area (Å²) >= 11 is 0. The van der Waals surface area contributed by atoms with Crippen molar-refractivity contribution in [3.8, 4) is 0 Å². The predicted octanol–water partition coefficient (Wildman–Crippen LogP) is 1.95. The number of hydrogen-bond acceptors (Lipinski definition) is 7. The summed E-state index contributed by atoms with van der Waals surface area (Å²) in [5, 5.41) is 26.2. The molecule has 1 rings (SSSR count). The van der Waals surface area contributed by atoms with Crippen molar-refractivity contribution in [1.82, 2.24) is 9.97 Å². The van der Waals surface area contributed by atoms with Crippen LogP contribution in [0.15, 0.2) is 0 Å². The van der Waals surface area contributed by atoms with Gasteiger partial charge in [0.1, 0.15) is 5.69 Å². The molecule has 0 fully saturated rings. The van der Waals surface area contributed by atoms with E-state index in [0.29, 0.717) is 31.2 Å². The van der Waals surface area contributed by atoms with Crippen molar-refractivity contribution in [2.75, 3.05) is 30.3 Å². The molecule has 0 aliphatic rings. The van der Waals surface area contributed by atoms with E-state index in [-0.39, 0.29) is 24.0 Å². The summed E-state index contributed by atoms with van der Waals surface area (Å²) in [5.74, 6) is 0.839. The Labute approximate surface area is 124 Å². The first-order valence-electron chi connectivity index (χ1n) is 7.15. The lowest BCUT2D eigenvalue weighted by atomic mass is 10.0. The third kappa shape index (κ3) is 4.82. The van der Waals surface area contributed by atoms with Gasteiger partial charge in [-0.3, -0.25) is 10.1 Å². The summed E-state index contributed by atoms with van der Waals surface area (Å²) < 4.78 is 0. The highest BCUT2D eigenvalue weighted by molar-refractivity contribution is 5.60. The van der Waals surface area contributed by atoms with Crippen LogP contribution in [0.5, 0.6) is 0 Å². The van der Waals surface area contributed by atoms with Crippen LogP contribution in [0.25, 0.3) is 0 Å². The van der Waals surface area contributed by atoms with Gasteiger partial charge in [0.15, 0.2) is 0 Å². The van der Waals surface area contributed by atoms with Gasteiger partial charge in [-0.25, -0.2) is 4.98 Å². The number of hydrogen-bond donors (Lipinski definition) is 3. The lowest BCUT2D eigenvalue weighted by Crippen LogP contribution is -2.18. The maximum atomic E-state index is 11.2. The third-order valence-electron chi connectivity index (χ3n) is 3.25. The highest BCUT2D eigenvalue weighted by atomic mass is 16.6. The number of anilines is 2. The molecule has 0 bridgehead atoms. The van der Waals surface area contributed by atoms with Crippen LogP contribution in [0.4, 0.5) is 17.5 Å². The number of aromatic nitrogens is 2. The van der Waals surface area contributed by atoms with Gasteiger partial charge >= 0.3 is 5.69 Å². The number of nitrogens with one attached hydrogen (secondary N) is 2.